The van der Waals surface area contributed by atoms with Crippen molar-refractivity contribution < 1.29 is 19.1 Å². The largest absolute Gasteiger partial charge is 0.466 e. The number of fused-ring (bicyclic) bond motifs is 1. The minimum absolute atomic E-state index is 0.0671. The van der Waals surface area contributed by atoms with Crippen LogP contribution in [0.5, 0.6) is 0 Å². The summed E-state index contributed by atoms with van der Waals surface area (Å²) in [6.45, 7) is 0. The van der Waals surface area contributed by atoms with Crippen LogP contribution < -0.4 is 5.32 Å². The van der Waals surface area contributed by atoms with Crippen LogP contribution >= 0.6 is 11.6 Å². The topological polar surface area (TPSA) is 93.3 Å². The second-order valence-corrected chi connectivity index (χ2v) is 4.36. The Bertz CT molecular complexity index is 723. The maximum Gasteiger partial charge on any atom is 0.354 e. The molecule has 2 rings (SSSR count). The number of carbonyl (C=O) groups excluding carboxylic acids is 2. The summed E-state index contributed by atoms with van der Waals surface area (Å²) in [5.41, 5.74) is 1.05. The zero-order valence-electron chi connectivity index (χ0n) is 11.3. The molecule has 110 valence electrons. The van der Waals surface area contributed by atoms with Gasteiger partial charge in [0.05, 0.1) is 42.7 Å². The van der Waals surface area contributed by atoms with Crippen LogP contribution in [-0.4, -0.2) is 36.4 Å². The van der Waals surface area contributed by atoms with Gasteiger partial charge in [-0.2, -0.15) is 5.10 Å². The molecule has 0 aliphatic heterocycles. The van der Waals surface area contributed by atoms with Crippen molar-refractivity contribution >= 4 is 40.1 Å². The number of carbonyl (C=O) groups is 2. The Balaban J connectivity index is 2.42. The Labute approximate surface area is 124 Å². The van der Waals surface area contributed by atoms with Gasteiger partial charge in [-0.15, -0.1) is 0 Å². The van der Waals surface area contributed by atoms with E-state index in [4.69, 9.17) is 11.6 Å². The van der Waals surface area contributed by atoms with Crippen molar-refractivity contribution in [3.8, 4) is 0 Å². The molecule has 2 N–H and O–H groups in total. The third-order valence-electron chi connectivity index (χ3n) is 2.70. The van der Waals surface area contributed by atoms with Crippen LogP contribution in [0.15, 0.2) is 30.1 Å². The minimum atomic E-state index is -0.706. The Hall–Kier alpha value is -2.54. The van der Waals surface area contributed by atoms with Gasteiger partial charge < -0.3 is 14.8 Å². The first kappa shape index (κ1) is 14.9. The predicted molar refractivity (Wildman–Crippen MR) is 76.8 cm³/mol. The second-order valence-electron chi connectivity index (χ2n) is 3.95. The van der Waals surface area contributed by atoms with Crippen LogP contribution in [0.3, 0.4) is 0 Å². The smallest absolute Gasteiger partial charge is 0.354 e. The molecular weight excluding hydrogens is 298 g/mol. The maximum absolute atomic E-state index is 11.7. The quantitative estimate of drug-likeness (QED) is 0.661. The summed E-state index contributed by atoms with van der Waals surface area (Å²) in [6.07, 6.45) is 2.56. The van der Waals surface area contributed by atoms with Crippen LogP contribution in [0, 0.1) is 0 Å². The van der Waals surface area contributed by atoms with Gasteiger partial charge in [0.1, 0.15) is 5.70 Å². The normalized spacial score (nSPS) is 11.3. The van der Waals surface area contributed by atoms with E-state index in [0.29, 0.717) is 21.6 Å². The summed E-state index contributed by atoms with van der Waals surface area (Å²) in [7, 11) is 2.42. The Morgan fingerprint density at radius 2 is 2.10 bits per heavy atom. The molecule has 0 amide bonds. The van der Waals surface area contributed by atoms with Crippen LogP contribution in [0.2, 0.25) is 5.02 Å². The number of esters is 2. The molecule has 0 saturated heterocycles. The number of ether oxygens (including phenoxy) is 2. The minimum Gasteiger partial charge on any atom is -0.466 e. The van der Waals surface area contributed by atoms with Crippen molar-refractivity contribution in [2.75, 3.05) is 19.5 Å². The highest BCUT2D eigenvalue weighted by Gasteiger charge is 2.15. The van der Waals surface area contributed by atoms with E-state index in [1.807, 2.05) is 0 Å². The number of nitrogens with zero attached hydrogens (tertiary/aromatic N) is 1. The molecule has 0 saturated carbocycles. The highest BCUT2D eigenvalue weighted by molar-refractivity contribution is 6.35. The lowest BCUT2D eigenvalue weighted by molar-refractivity contribution is -0.138. The molecule has 8 heteroatoms. The van der Waals surface area contributed by atoms with E-state index in [2.05, 4.69) is 25.0 Å². The zero-order valence-corrected chi connectivity index (χ0v) is 12.0. The second kappa shape index (κ2) is 6.27. The summed E-state index contributed by atoms with van der Waals surface area (Å²) in [6, 6.07) is 3.30. The number of aromatic amines is 1. The standard InChI is InChI=1S/C13H12ClN3O4/c1-20-11(18)5-10(13(19)21-2)16-9-4-3-8(14)7-6-15-17-12(7)9/h3-6,16H,1-2H3,(H,15,17)/b10-5+. The van der Waals surface area contributed by atoms with Gasteiger partial charge in [0, 0.05) is 5.39 Å². The molecule has 1 aromatic carbocycles. The number of rotatable bonds is 4. The van der Waals surface area contributed by atoms with Crippen molar-refractivity contribution in [1.82, 2.24) is 10.2 Å². The fourth-order valence-electron chi connectivity index (χ4n) is 1.68. The number of hydrogen-bond acceptors (Lipinski definition) is 6. The fourth-order valence-corrected chi connectivity index (χ4v) is 1.89. The van der Waals surface area contributed by atoms with Gasteiger partial charge in [-0.1, -0.05) is 11.6 Å². The van der Waals surface area contributed by atoms with E-state index in [1.54, 1.807) is 18.3 Å². The van der Waals surface area contributed by atoms with Gasteiger partial charge in [-0.05, 0) is 12.1 Å². The number of methoxy groups -OCH3 is 2. The Morgan fingerprint density at radius 1 is 1.33 bits per heavy atom. The van der Waals surface area contributed by atoms with E-state index in [-0.39, 0.29) is 5.70 Å². The van der Waals surface area contributed by atoms with Crippen molar-refractivity contribution in [2.24, 2.45) is 0 Å². The van der Waals surface area contributed by atoms with Gasteiger partial charge in [0.2, 0.25) is 0 Å². The summed E-state index contributed by atoms with van der Waals surface area (Å²) in [5.74, 6) is -1.39. The molecule has 0 unspecified atom stereocenters. The van der Waals surface area contributed by atoms with Gasteiger partial charge in [0.15, 0.2) is 0 Å². The van der Waals surface area contributed by atoms with Crippen molar-refractivity contribution in [1.29, 1.82) is 0 Å². The number of halogens is 1. The molecule has 21 heavy (non-hydrogen) atoms. The summed E-state index contributed by atoms with van der Waals surface area (Å²) >= 11 is 6.04. The molecule has 0 fully saturated rings. The molecular formula is C13H12ClN3O4. The number of anilines is 1. The molecule has 0 spiro atoms. The fraction of sp³-hybridized carbons (Fsp3) is 0.154. The molecule has 0 radical (unpaired) electrons. The van der Waals surface area contributed by atoms with Crippen molar-refractivity contribution in [3.05, 3.63) is 35.1 Å². The monoisotopic (exact) mass is 309 g/mol. The number of hydrogen-bond donors (Lipinski definition) is 2. The number of H-pyrrole nitrogens is 1. The first-order valence-corrected chi connectivity index (χ1v) is 6.21. The van der Waals surface area contributed by atoms with Crippen molar-refractivity contribution in [2.45, 2.75) is 0 Å². The molecule has 0 aliphatic carbocycles. The number of nitrogens with one attached hydrogen (secondary N) is 2. The van der Waals surface area contributed by atoms with Crippen LogP contribution in [0.4, 0.5) is 5.69 Å². The van der Waals surface area contributed by atoms with Crippen LogP contribution in [0.25, 0.3) is 10.9 Å². The molecule has 1 aromatic heterocycles. The van der Waals surface area contributed by atoms with Gasteiger partial charge >= 0.3 is 11.9 Å². The third kappa shape index (κ3) is 3.14. The molecule has 0 bridgehead atoms. The van der Waals surface area contributed by atoms with E-state index in [9.17, 15) is 9.59 Å². The third-order valence-corrected chi connectivity index (χ3v) is 3.03. The molecule has 0 aliphatic rings. The van der Waals surface area contributed by atoms with Gasteiger partial charge in [0.25, 0.3) is 0 Å². The lowest BCUT2D eigenvalue weighted by atomic mass is 10.2. The average molecular weight is 310 g/mol. The van der Waals surface area contributed by atoms with Gasteiger partial charge in [-0.25, -0.2) is 9.59 Å². The lowest BCUT2D eigenvalue weighted by Crippen LogP contribution is -2.15. The number of benzene rings is 1. The van der Waals surface area contributed by atoms with Crippen molar-refractivity contribution in [3.63, 3.8) is 0 Å². The zero-order chi connectivity index (χ0) is 15.4. The summed E-state index contributed by atoms with van der Waals surface area (Å²) < 4.78 is 9.12. The molecule has 2 aromatic rings. The SMILES string of the molecule is COC(=O)/C=C(/Nc1ccc(Cl)c2cn[nH]c12)C(=O)OC. The van der Waals surface area contributed by atoms with Crippen LogP contribution in [-0.2, 0) is 19.1 Å². The lowest BCUT2D eigenvalue weighted by Gasteiger charge is -2.10. The Kier molecular flexibility index (Phi) is 4.44. The van der Waals surface area contributed by atoms with E-state index >= 15 is 0 Å². The van der Waals surface area contributed by atoms with Gasteiger partial charge in [-0.3, -0.25) is 5.10 Å². The molecule has 0 atom stereocenters. The number of aromatic nitrogens is 2. The average Bonchev–Trinajstić information content (AvgIpc) is 2.98. The summed E-state index contributed by atoms with van der Waals surface area (Å²) in [5, 5.41) is 10.7. The summed E-state index contributed by atoms with van der Waals surface area (Å²) in [4.78, 5) is 23.0. The highest BCUT2D eigenvalue weighted by atomic mass is 35.5. The Morgan fingerprint density at radius 3 is 2.76 bits per heavy atom. The highest BCUT2D eigenvalue weighted by Crippen LogP contribution is 2.28. The first-order valence-electron chi connectivity index (χ1n) is 5.83. The molecule has 1 heterocycles. The van der Waals surface area contributed by atoms with E-state index < -0.39 is 11.9 Å². The predicted octanol–water partition coefficient (Wildman–Crippen LogP) is 1.86. The first-order chi connectivity index (χ1) is 10.1. The van der Waals surface area contributed by atoms with E-state index in [0.717, 1.165) is 6.08 Å². The van der Waals surface area contributed by atoms with E-state index in [1.165, 1.54) is 14.2 Å². The van der Waals surface area contributed by atoms with Crippen LogP contribution in [0.1, 0.15) is 0 Å². The molecule has 7 nitrogen and oxygen atoms in total. The maximum atomic E-state index is 11.7.